The number of rotatable bonds is 3. The lowest BCUT2D eigenvalue weighted by molar-refractivity contribution is -0.134. The zero-order valence-corrected chi connectivity index (χ0v) is 20.4. The van der Waals surface area contributed by atoms with Crippen molar-refractivity contribution in [3.8, 4) is 6.07 Å². The summed E-state index contributed by atoms with van der Waals surface area (Å²) in [7, 11) is 0. The maximum atomic E-state index is 13.8. The minimum atomic E-state index is -0.800. The van der Waals surface area contributed by atoms with Gasteiger partial charge in [0, 0.05) is 12.1 Å². The lowest BCUT2D eigenvalue weighted by Crippen LogP contribution is -2.52. The van der Waals surface area contributed by atoms with Gasteiger partial charge in [-0.05, 0) is 98.7 Å². The highest BCUT2D eigenvalue weighted by Crippen LogP contribution is 2.67. The molecule has 6 heteroatoms. The van der Waals surface area contributed by atoms with E-state index in [9.17, 15) is 14.3 Å². The summed E-state index contributed by atoms with van der Waals surface area (Å²) >= 11 is 0. The van der Waals surface area contributed by atoms with Crippen LogP contribution in [0.5, 0.6) is 0 Å². The number of hydrogen-bond donors (Lipinski definition) is 1. The van der Waals surface area contributed by atoms with Gasteiger partial charge >= 0.3 is 0 Å². The smallest absolute Gasteiger partial charge is 0.250 e. The van der Waals surface area contributed by atoms with Gasteiger partial charge in [-0.25, -0.2) is 0 Å². The first-order valence-electron chi connectivity index (χ1n) is 12.9. The molecule has 1 N–H and O–H groups in total. The average molecular weight is 456 g/mol. The van der Waals surface area contributed by atoms with Crippen molar-refractivity contribution in [3.05, 3.63) is 17.7 Å². The summed E-state index contributed by atoms with van der Waals surface area (Å²) in [5.41, 5.74) is -0.641. The number of fused-ring (bicyclic) bond motifs is 5. The van der Waals surface area contributed by atoms with E-state index < -0.39 is 11.5 Å². The minimum absolute atomic E-state index is 0.0339. The van der Waals surface area contributed by atoms with E-state index in [1.54, 1.807) is 6.07 Å². The van der Waals surface area contributed by atoms with Gasteiger partial charge in [-0.3, -0.25) is 9.48 Å². The van der Waals surface area contributed by atoms with Gasteiger partial charge in [-0.1, -0.05) is 20.8 Å². The van der Waals surface area contributed by atoms with Gasteiger partial charge in [0.15, 0.2) is 5.78 Å². The van der Waals surface area contributed by atoms with Crippen molar-refractivity contribution in [3.63, 3.8) is 0 Å². The molecular formula is C27H38FN3O2. The van der Waals surface area contributed by atoms with Crippen LogP contribution >= 0.6 is 0 Å². The van der Waals surface area contributed by atoms with E-state index in [0.29, 0.717) is 23.7 Å². The Morgan fingerprint density at radius 3 is 2.61 bits per heavy atom. The third-order valence-corrected chi connectivity index (χ3v) is 10.7. The summed E-state index contributed by atoms with van der Waals surface area (Å²) in [6.07, 6.45) is 9.03. The maximum absolute atomic E-state index is 13.8. The molecule has 4 aliphatic carbocycles. The Hall–Kier alpha value is -1.74. The highest BCUT2D eigenvalue weighted by atomic mass is 19.1. The number of ketones is 1. The van der Waals surface area contributed by atoms with Gasteiger partial charge in [0.05, 0.1) is 12.1 Å². The minimum Gasteiger partial charge on any atom is -0.390 e. The number of nitriles is 1. The second-order valence-corrected chi connectivity index (χ2v) is 12.4. The lowest BCUT2D eigenvalue weighted by atomic mass is 9.48. The summed E-state index contributed by atoms with van der Waals surface area (Å²) in [4.78, 5) is 13.6. The summed E-state index contributed by atoms with van der Waals surface area (Å²) in [5, 5.41) is 23.4. The second-order valence-electron chi connectivity index (χ2n) is 12.4. The molecular weight excluding hydrogens is 417 g/mol. The zero-order chi connectivity index (χ0) is 23.7. The fourth-order valence-electron chi connectivity index (χ4n) is 9.41. The Bertz CT molecular complexity index is 981. The summed E-state index contributed by atoms with van der Waals surface area (Å²) in [6.45, 7) is 8.98. The first-order chi connectivity index (χ1) is 15.6. The number of carbonyl (C=O) groups excluding carboxylic acids is 1. The molecule has 0 radical (unpaired) electrons. The van der Waals surface area contributed by atoms with Crippen LogP contribution in [0.1, 0.15) is 78.2 Å². The first kappa shape index (κ1) is 23.0. The standard InChI is InChI=1S/C27H38FN3O2/c1-15-16(2)24(22(32)14-31-13-18(12-29)25(28)30-31)27(4)10-8-20-19-7-9-26(3,33)11-17(19)5-6-21(20)23(15)27/h13,15-17,19-21,23-24,33H,5-11,14H2,1-4H3/t15-,16-,17+,19-,20+,21+,23-,24+,26+,27-/m0/s1. The second kappa shape index (κ2) is 7.90. The van der Waals surface area contributed by atoms with Crippen molar-refractivity contribution in [2.45, 2.75) is 84.8 Å². The highest BCUT2D eigenvalue weighted by Gasteiger charge is 2.63. The van der Waals surface area contributed by atoms with Crippen LogP contribution in [0.25, 0.3) is 0 Å². The van der Waals surface area contributed by atoms with Crippen LogP contribution in [0.3, 0.4) is 0 Å². The van der Waals surface area contributed by atoms with Crippen LogP contribution in [0, 0.1) is 70.0 Å². The number of aromatic nitrogens is 2. The molecule has 1 aromatic heterocycles. The molecule has 5 rings (SSSR count). The van der Waals surface area contributed by atoms with Gasteiger partial charge in [-0.2, -0.15) is 9.65 Å². The van der Waals surface area contributed by atoms with Gasteiger partial charge in [0.1, 0.15) is 11.6 Å². The van der Waals surface area contributed by atoms with Gasteiger partial charge in [0.25, 0.3) is 0 Å². The molecule has 1 heterocycles. The molecule has 4 fully saturated rings. The molecule has 0 amide bonds. The molecule has 4 aliphatic rings. The zero-order valence-electron chi connectivity index (χ0n) is 20.4. The average Bonchev–Trinajstić information content (AvgIpc) is 3.20. The Morgan fingerprint density at radius 1 is 1.18 bits per heavy atom. The van der Waals surface area contributed by atoms with Crippen molar-refractivity contribution in [1.29, 1.82) is 5.26 Å². The third kappa shape index (κ3) is 3.57. The SMILES string of the molecule is C[C@H]1[C@H](C)[C@H](C(=O)Cn2cc(C#N)c(F)n2)[C@@]2(C)CC[C@H]3[C@@H](CC[C@@H]4C[C@](C)(O)CC[C@@H]43)[C@H]12. The van der Waals surface area contributed by atoms with E-state index in [4.69, 9.17) is 5.26 Å². The van der Waals surface area contributed by atoms with E-state index in [2.05, 4.69) is 25.9 Å². The van der Waals surface area contributed by atoms with Crippen LogP contribution in [0.4, 0.5) is 4.39 Å². The van der Waals surface area contributed by atoms with Crippen LogP contribution in [-0.4, -0.2) is 26.3 Å². The number of halogens is 1. The van der Waals surface area contributed by atoms with Crippen LogP contribution in [0.2, 0.25) is 0 Å². The number of carbonyl (C=O) groups is 1. The largest absolute Gasteiger partial charge is 0.390 e. The Morgan fingerprint density at radius 2 is 1.91 bits per heavy atom. The van der Waals surface area contributed by atoms with Crippen molar-refractivity contribution in [2.24, 2.45) is 52.8 Å². The molecule has 10 atom stereocenters. The van der Waals surface area contributed by atoms with Gasteiger partial charge in [-0.15, -0.1) is 5.10 Å². The topological polar surface area (TPSA) is 78.9 Å². The van der Waals surface area contributed by atoms with E-state index in [-0.39, 0.29) is 35.1 Å². The van der Waals surface area contributed by atoms with E-state index in [0.717, 1.165) is 37.5 Å². The number of aliphatic hydroxyl groups is 1. The predicted molar refractivity (Wildman–Crippen MR) is 122 cm³/mol. The predicted octanol–water partition coefficient (Wildman–Crippen LogP) is 4.97. The van der Waals surface area contributed by atoms with E-state index in [1.807, 2.05) is 6.92 Å². The van der Waals surface area contributed by atoms with Crippen LogP contribution in [0.15, 0.2) is 6.20 Å². The first-order valence-corrected chi connectivity index (χ1v) is 12.9. The molecule has 0 unspecified atom stereocenters. The fourth-order valence-corrected chi connectivity index (χ4v) is 9.41. The van der Waals surface area contributed by atoms with Crippen molar-refractivity contribution >= 4 is 5.78 Å². The Kier molecular flexibility index (Phi) is 5.51. The Balaban J connectivity index is 1.38. The quantitative estimate of drug-likeness (QED) is 0.698. The van der Waals surface area contributed by atoms with Crippen LogP contribution < -0.4 is 0 Å². The molecule has 4 saturated carbocycles. The monoisotopic (exact) mass is 455 g/mol. The molecule has 180 valence electrons. The Labute approximate surface area is 196 Å². The number of nitrogens with zero attached hydrogens (tertiary/aromatic N) is 3. The molecule has 0 aromatic carbocycles. The van der Waals surface area contributed by atoms with E-state index in [1.165, 1.54) is 30.1 Å². The normalized spacial score (nSPS) is 46.7. The van der Waals surface area contributed by atoms with Crippen molar-refractivity contribution < 1.29 is 14.3 Å². The van der Waals surface area contributed by atoms with E-state index >= 15 is 0 Å². The molecule has 33 heavy (non-hydrogen) atoms. The van der Waals surface area contributed by atoms with Crippen molar-refractivity contribution in [1.82, 2.24) is 9.78 Å². The molecule has 0 saturated heterocycles. The lowest BCUT2D eigenvalue weighted by Gasteiger charge is -2.57. The number of hydrogen-bond acceptors (Lipinski definition) is 4. The summed E-state index contributed by atoms with van der Waals surface area (Å²) < 4.78 is 15.1. The van der Waals surface area contributed by atoms with Crippen LogP contribution in [-0.2, 0) is 11.3 Å². The fraction of sp³-hybridized carbons (Fsp3) is 0.815. The molecule has 0 spiro atoms. The van der Waals surface area contributed by atoms with Gasteiger partial charge in [0.2, 0.25) is 5.95 Å². The maximum Gasteiger partial charge on any atom is 0.250 e. The summed E-state index contributed by atoms with van der Waals surface area (Å²) in [5.74, 6) is 3.33. The van der Waals surface area contributed by atoms with Gasteiger partial charge < -0.3 is 5.11 Å². The number of Topliss-reactive ketones (excluding diaryl/α,β-unsaturated/α-hetero) is 1. The van der Waals surface area contributed by atoms with Crippen molar-refractivity contribution in [2.75, 3.05) is 0 Å². The highest BCUT2D eigenvalue weighted by molar-refractivity contribution is 5.82. The molecule has 5 nitrogen and oxygen atoms in total. The molecule has 0 bridgehead atoms. The molecule has 1 aromatic rings. The third-order valence-electron chi connectivity index (χ3n) is 10.7. The molecule has 0 aliphatic heterocycles. The summed E-state index contributed by atoms with van der Waals surface area (Å²) in [6, 6.07) is 1.80.